The molecule has 152 valence electrons. The van der Waals surface area contributed by atoms with E-state index in [2.05, 4.69) is 109 Å². The third kappa shape index (κ3) is 4.30. The lowest BCUT2D eigenvalue weighted by Gasteiger charge is -2.26. The van der Waals surface area contributed by atoms with E-state index in [0.29, 0.717) is 0 Å². The van der Waals surface area contributed by atoms with Crippen LogP contribution in [0.1, 0.15) is 36.7 Å². The zero-order valence-corrected chi connectivity index (χ0v) is 18.0. The van der Waals surface area contributed by atoms with E-state index >= 15 is 0 Å². The summed E-state index contributed by atoms with van der Waals surface area (Å²) < 4.78 is 1.99. The summed E-state index contributed by atoms with van der Waals surface area (Å²) in [5.41, 5.74) is 8.10. The molecule has 1 aromatic heterocycles. The lowest BCUT2D eigenvalue weighted by molar-refractivity contribution is 0.795. The number of nitrogens with zero attached hydrogens (tertiary/aromatic N) is 3. The van der Waals surface area contributed by atoms with Crippen LogP contribution < -0.4 is 4.90 Å². The van der Waals surface area contributed by atoms with Gasteiger partial charge >= 0.3 is 0 Å². The molecule has 0 aliphatic rings. The highest BCUT2D eigenvalue weighted by Crippen LogP contribution is 2.35. The van der Waals surface area contributed by atoms with Gasteiger partial charge in [0.05, 0.1) is 11.4 Å². The van der Waals surface area contributed by atoms with Crippen LogP contribution in [0, 0.1) is 13.8 Å². The van der Waals surface area contributed by atoms with Crippen molar-refractivity contribution in [2.45, 2.75) is 40.0 Å². The predicted octanol–water partition coefficient (Wildman–Crippen LogP) is 7.30. The van der Waals surface area contributed by atoms with Crippen LogP contribution in [0.4, 0.5) is 17.1 Å². The molecule has 30 heavy (non-hydrogen) atoms. The first kappa shape index (κ1) is 20.0. The summed E-state index contributed by atoms with van der Waals surface area (Å²) in [7, 11) is 0. The fourth-order valence-corrected chi connectivity index (χ4v) is 3.85. The van der Waals surface area contributed by atoms with Gasteiger partial charge in [-0.3, -0.25) is 0 Å². The Kier molecular flexibility index (Phi) is 5.99. The van der Waals surface area contributed by atoms with Gasteiger partial charge < -0.3 is 4.90 Å². The average Bonchev–Trinajstić information content (AvgIpc) is 3.12. The molecule has 0 spiro atoms. The third-order valence-corrected chi connectivity index (χ3v) is 5.39. The maximum atomic E-state index is 4.61. The zero-order chi connectivity index (χ0) is 20.9. The molecule has 0 aliphatic heterocycles. The van der Waals surface area contributed by atoms with E-state index in [0.717, 1.165) is 34.9 Å². The van der Waals surface area contributed by atoms with Crippen molar-refractivity contribution in [1.29, 1.82) is 0 Å². The quantitative estimate of drug-likeness (QED) is 0.327. The fourth-order valence-electron chi connectivity index (χ4n) is 3.85. The summed E-state index contributed by atoms with van der Waals surface area (Å²) in [5.74, 6) is 0. The second kappa shape index (κ2) is 9.00. The van der Waals surface area contributed by atoms with Crippen molar-refractivity contribution in [3.8, 4) is 5.69 Å². The maximum Gasteiger partial charge on any atom is 0.0650 e. The number of para-hydroxylation sites is 1. The van der Waals surface area contributed by atoms with Crippen LogP contribution in [0.3, 0.4) is 0 Å². The second-order valence-corrected chi connectivity index (χ2v) is 7.80. The predicted molar refractivity (Wildman–Crippen MR) is 126 cm³/mol. The minimum absolute atomic E-state index is 1.03. The van der Waals surface area contributed by atoms with E-state index in [1.807, 2.05) is 11.6 Å². The Morgan fingerprint density at radius 2 is 1.37 bits per heavy atom. The molecule has 0 N–H and O–H groups in total. The lowest BCUT2D eigenvalue weighted by Crippen LogP contribution is -2.10. The van der Waals surface area contributed by atoms with Gasteiger partial charge in [-0.25, -0.2) is 4.68 Å². The molecule has 0 atom stereocenters. The molecule has 0 fully saturated rings. The molecule has 0 amide bonds. The molecule has 4 aromatic rings. The topological polar surface area (TPSA) is 21.1 Å². The second-order valence-electron chi connectivity index (χ2n) is 7.80. The summed E-state index contributed by atoms with van der Waals surface area (Å²) in [6, 6.07) is 30.2. The molecule has 3 nitrogen and oxygen atoms in total. The van der Waals surface area contributed by atoms with Crippen LogP contribution in [0.25, 0.3) is 5.69 Å². The number of hydrogen-bond donors (Lipinski definition) is 0. The van der Waals surface area contributed by atoms with Crippen LogP contribution >= 0.6 is 0 Å². The first-order valence-corrected chi connectivity index (χ1v) is 10.7. The molecule has 1 heterocycles. The number of unbranched alkanes of at least 4 members (excludes halogenated alkanes) is 1. The number of aromatic nitrogens is 2. The highest BCUT2D eigenvalue weighted by molar-refractivity contribution is 5.76. The monoisotopic (exact) mass is 395 g/mol. The number of hydrogen-bond acceptors (Lipinski definition) is 2. The third-order valence-electron chi connectivity index (χ3n) is 5.39. The zero-order valence-electron chi connectivity index (χ0n) is 18.0. The van der Waals surface area contributed by atoms with Gasteiger partial charge in [-0.1, -0.05) is 43.7 Å². The Balaban J connectivity index is 1.69. The molecular weight excluding hydrogens is 366 g/mol. The van der Waals surface area contributed by atoms with Gasteiger partial charge in [0.2, 0.25) is 0 Å². The first-order valence-electron chi connectivity index (χ1n) is 10.7. The normalized spacial score (nSPS) is 10.9. The van der Waals surface area contributed by atoms with Crippen molar-refractivity contribution in [2.75, 3.05) is 4.90 Å². The molecule has 3 aromatic carbocycles. The van der Waals surface area contributed by atoms with E-state index in [9.17, 15) is 0 Å². The molecule has 4 rings (SSSR count). The van der Waals surface area contributed by atoms with Crippen molar-refractivity contribution in [1.82, 2.24) is 9.78 Å². The highest BCUT2D eigenvalue weighted by Gasteiger charge is 2.13. The van der Waals surface area contributed by atoms with E-state index in [4.69, 9.17) is 0 Å². The van der Waals surface area contributed by atoms with Crippen LogP contribution in [-0.4, -0.2) is 9.78 Å². The van der Waals surface area contributed by atoms with Gasteiger partial charge in [0.25, 0.3) is 0 Å². The Labute approximate surface area is 179 Å². The molecule has 0 radical (unpaired) electrons. The molecular formula is C27H29N3. The fraction of sp³-hybridized carbons (Fsp3) is 0.222. The largest absolute Gasteiger partial charge is 0.311 e. The molecule has 0 bridgehead atoms. The molecule has 0 unspecified atom stereocenters. The summed E-state index contributed by atoms with van der Waals surface area (Å²) in [5, 5.41) is 4.61. The minimum Gasteiger partial charge on any atom is -0.311 e. The summed E-state index contributed by atoms with van der Waals surface area (Å²) in [4.78, 5) is 2.30. The lowest BCUT2D eigenvalue weighted by atomic mass is 10.1. The van der Waals surface area contributed by atoms with Gasteiger partial charge in [-0.05, 0) is 86.8 Å². The molecule has 0 saturated heterocycles. The Morgan fingerprint density at radius 3 is 1.93 bits per heavy atom. The van der Waals surface area contributed by atoms with Crippen molar-refractivity contribution in [2.24, 2.45) is 0 Å². The van der Waals surface area contributed by atoms with E-state index in [-0.39, 0.29) is 0 Å². The van der Waals surface area contributed by atoms with Crippen LogP contribution in [0.5, 0.6) is 0 Å². The summed E-state index contributed by atoms with van der Waals surface area (Å²) in [6.07, 6.45) is 3.59. The number of rotatable bonds is 7. The van der Waals surface area contributed by atoms with Gasteiger partial charge in [-0.2, -0.15) is 5.10 Å². The van der Waals surface area contributed by atoms with Crippen molar-refractivity contribution in [3.05, 3.63) is 102 Å². The van der Waals surface area contributed by atoms with Gasteiger partial charge in [0, 0.05) is 22.8 Å². The number of benzene rings is 3. The van der Waals surface area contributed by atoms with Gasteiger partial charge in [0.1, 0.15) is 0 Å². The summed E-state index contributed by atoms with van der Waals surface area (Å²) >= 11 is 0. The number of aryl methyl sites for hydroxylation is 3. The van der Waals surface area contributed by atoms with Gasteiger partial charge in [0.15, 0.2) is 0 Å². The van der Waals surface area contributed by atoms with Crippen LogP contribution in [0.15, 0.2) is 84.9 Å². The standard InChI is InChI=1S/C27H29N3/c1-4-5-9-23-12-14-25(15-13-23)29(24-10-7-6-8-11-24)26-16-18-27(19-17-26)30-22(3)20-21(2)28-30/h6-8,10-20H,4-5,9H2,1-3H3. The van der Waals surface area contributed by atoms with Crippen LogP contribution in [0.2, 0.25) is 0 Å². The Bertz CT molecular complexity index is 1080. The van der Waals surface area contributed by atoms with E-state index in [1.165, 1.54) is 24.1 Å². The SMILES string of the molecule is CCCCc1ccc(N(c2ccccc2)c2ccc(-n3nc(C)cc3C)cc2)cc1. The van der Waals surface area contributed by atoms with Crippen molar-refractivity contribution < 1.29 is 0 Å². The molecule has 0 saturated carbocycles. The summed E-state index contributed by atoms with van der Waals surface area (Å²) in [6.45, 7) is 6.35. The Morgan fingerprint density at radius 1 is 0.767 bits per heavy atom. The smallest absolute Gasteiger partial charge is 0.0650 e. The molecule has 0 aliphatic carbocycles. The Hall–Kier alpha value is -3.33. The maximum absolute atomic E-state index is 4.61. The van der Waals surface area contributed by atoms with Crippen LogP contribution in [-0.2, 0) is 6.42 Å². The first-order chi connectivity index (χ1) is 14.7. The minimum atomic E-state index is 1.03. The van der Waals surface area contributed by atoms with E-state index in [1.54, 1.807) is 0 Å². The van der Waals surface area contributed by atoms with Gasteiger partial charge in [-0.15, -0.1) is 0 Å². The van der Waals surface area contributed by atoms with E-state index < -0.39 is 0 Å². The van der Waals surface area contributed by atoms with Crippen molar-refractivity contribution in [3.63, 3.8) is 0 Å². The number of anilines is 3. The highest BCUT2D eigenvalue weighted by atomic mass is 15.3. The van der Waals surface area contributed by atoms with Crippen molar-refractivity contribution >= 4 is 17.1 Å². The average molecular weight is 396 g/mol. The molecule has 3 heteroatoms.